The molecule has 2 heterocycles. The standard InChI is InChI=1S/C14H21N3O2/c1-11(6-10-18)16-14(19)12-5-4-7-15-13(12)17-8-2-3-9-17/h4-5,7,11,18H,2-3,6,8-10H2,1H3,(H,16,19). The van der Waals surface area contributed by atoms with Gasteiger partial charge in [-0.05, 0) is 38.3 Å². The summed E-state index contributed by atoms with van der Waals surface area (Å²) in [5, 5.41) is 11.8. The molecule has 1 unspecified atom stereocenters. The van der Waals surface area contributed by atoms with E-state index in [1.807, 2.05) is 13.0 Å². The van der Waals surface area contributed by atoms with E-state index in [-0.39, 0.29) is 18.6 Å². The number of hydrogen-bond acceptors (Lipinski definition) is 4. The van der Waals surface area contributed by atoms with E-state index >= 15 is 0 Å². The Morgan fingerprint density at radius 1 is 1.53 bits per heavy atom. The number of carbonyl (C=O) groups is 1. The van der Waals surface area contributed by atoms with Crippen LogP contribution >= 0.6 is 0 Å². The Morgan fingerprint density at radius 3 is 2.95 bits per heavy atom. The molecule has 5 nitrogen and oxygen atoms in total. The van der Waals surface area contributed by atoms with Gasteiger partial charge in [0, 0.05) is 31.9 Å². The van der Waals surface area contributed by atoms with E-state index in [0.717, 1.165) is 31.7 Å². The zero-order chi connectivity index (χ0) is 13.7. The lowest BCUT2D eigenvalue weighted by atomic mass is 10.2. The number of aliphatic hydroxyl groups excluding tert-OH is 1. The molecule has 2 N–H and O–H groups in total. The number of amides is 1. The predicted molar refractivity (Wildman–Crippen MR) is 74.3 cm³/mol. The fourth-order valence-electron chi connectivity index (χ4n) is 2.32. The van der Waals surface area contributed by atoms with Gasteiger partial charge in [0.05, 0.1) is 5.56 Å². The number of hydrogen-bond donors (Lipinski definition) is 2. The van der Waals surface area contributed by atoms with Crippen LogP contribution in [-0.2, 0) is 0 Å². The minimum atomic E-state index is -0.115. The van der Waals surface area contributed by atoms with Crippen LogP contribution in [0.2, 0.25) is 0 Å². The van der Waals surface area contributed by atoms with E-state index in [9.17, 15) is 4.79 Å². The lowest BCUT2D eigenvalue weighted by Gasteiger charge is -2.20. The van der Waals surface area contributed by atoms with Crippen LogP contribution in [0.4, 0.5) is 5.82 Å². The number of carbonyl (C=O) groups excluding carboxylic acids is 1. The van der Waals surface area contributed by atoms with Crippen LogP contribution in [-0.4, -0.2) is 41.7 Å². The molecule has 1 aromatic heterocycles. The van der Waals surface area contributed by atoms with Gasteiger partial charge in [-0.25, -0.2) is 4.98 Å². The molecule has 0 radical (unpaired) electrons. The molecule has 0 bridgehead atoms. The number of aliphatic hydroxyl groups is 1. The average molecular weight is 263 g/mol. The highest BCUT2D eigenvalue weighted by atomic mass is 16.3. The van der Waals surface area contributed by atoms with E-state index < -0.39 is 0 Å². The Balaban J connectivity index is 2.12. The lowest BCUT2D eigenvalue weighted by molar-refractivity contribution is 0.0934. The van der Waals surface area contributed by atoms with Crippen molar-refractivity contribution in [2.24, 2.45) is 0 Å². The second kappa shape index (κ2) is 6.52. The summed E-state index contributed by atoms with van der Waals surface area (Å²) < 4.78 is 0. The Hall–Kier alpha value is -1.62. The topological polar surface area (TPSA) is 65.5 Å². The first-order valence-electron chi connectivity index (χ1n) is 6.84. The van der Waals surface area contributed by atoms with E-state index in [1.54, 1.807) is 12.3 Å². The predicted octanol–water partition coefficient (Wildman–Crippen LogP) is 1.18. The fourth-order valence-corrected chi connectivity index (χ4v) is 2.32. The minimum Gasteiger partial charge on any atom is -0.396 e. The van der Waals surface area contributed by atoms with Crippen molar-refractivity contribution in [2.75, 3.05) is 24.6 Å². The molecule has 0 saturated carbocycles. The summed E-state index contributed by atoms with van der Waals surface area (Å²) in [5.74, 6) is 0.657. The summed E-state index contributed by atoms with van der Waals surface area (Å²) in [4.78, 5) is 18.8. The molecule has 104 valence electrons. The summed E-state index contributed by atoms with van der Waals surface area (Å²) in [6, 6.07) is 3.55. The molecule has 1 aliphatic rings. The van der Waals surface area contributed by atoms with Gasteiger partial charge in [0.25, 0.3) is 5.91 Å². The molecule has 1 amide bonds. The van der Waals surface area contributed by atoms with Gasteiger partial charge in [-0.1, -0.05) is 0 Å². The fraction of sp³-hybridized carbons (Fsp3) is 0.571. The molecule has 2 rings (SSSR count). The summed E-state index contributed by atoms with van der Waals surface area (Å²) in [5.41, 5.74) is 0.620. The highest BCUT2D eigenvalue weighted by molar-refractivity contribution is 5.99. The normalized spacial score (nSPS) is 16.4. The second-order valence-electron chi connectivity index (χ2n) is 4.96. The SMILES string of the molecule is CC(CCO)NC(=O)c1cccnc1N1CCCC1. The van der Waals surface area contributed by atoms with Crippen molar-refractivity contribution in [1.29, 1.82) is 0 Å². The molecule has 1 atom stereocenters. The van der Waals surface area contributed by atoms with Gasteiger partial charge < -0.3 is 15.3 Å². The number of aromatic nitrogens is 1. The van der Waals surface area contributed by atoms with Gasteiger partial charge in [-0.3, -0.25) is 4.79 Å². The first kappa shape index (κ1) is 13.8. The summed E-state index contributed by atoms with van der Waals surface area (Å²) in [6.45, 7) is 3.89. The first-order chi connectivity index (χ1) is 9.22. The van der Waals surface area contributed by atoms with Crippen LogP contribution in [0.25, 0.3) is 0 Å². The summed E-state index contributed by atoms with van der Waals surface area (Å²) in [7, 11) is 0. The van der Waals surface area contributed by atoms with Gasteiger partial charge in [-0.2, -0.15) is 0 Å². The maximum atomic E-state index is 12.2. The van der Waals surface area contributed by atoms with Crippen LogP contribution in [0.15, 0.2) is 18.3 Å². The minimum absolute atomic E-state index is 0.0378. The van der Waals surface area contributed by atoms with Crippen molar-refractivity contribution in [3.05, 3.63) is 23.9 Å². The average Bonchev–Trinajstić information content (AvgIpc) is 2.92. The van der Waals surface area contributed by atoms with Crippen molar-refractivity contribution >= 4 is 11.7 Å². The first-order valence-corrected chi connectivity index (χ1v) is 6.84. The largest absolute Gasteiger partial charge is 0.396 e. The van der Waals surface area contributed by atoms with Crippen LogP contribution in [0.3, 0.4) is 0 Å². The van der Waals surface area contributed by atoms with Crippen LogP contribution in [0.5, 0.6) is 0 Å². The Bertz CT molecular complexity index is 430. The van der Waals surface area contributed by atoms with Crippen LogP contribution in [0, 0.1) is 0 Å². The smallest absolute Gasteiger partial charge is 0.255 e. The molecule has 19 heavy (non-hydrogen) atoms. The molecule has 0 spiro atoms. The monoisotopic (exact) mass is 263 g/mol. The molecular weight excluding hydrogens is 242 g/mol. The number of nitrogens with zero attached hydrogens (tertiary/aromatic N) is 2. The van der Waals surface area contributed by atoms with E-state index in [0.29, 0.717) is 12.0 Å². The third-order valence-electron chi connectivity index (χ3n) is 3.38. The van der Waals surface area contributed by atoms with Gasteiger partial charge in [-0.15, -0.1) is 0 Å². The van der Waals surface area contributed by atoms with Crippen molar-refractivity contribution in [1.82, 2.24) is 10.3 Å². The van der Waals surface area contributed by atoms with Crippen LogP contribution < -0.4 is 10.2 Å². The van der Waals surface area contributed by atoms with Crippen LogP contribution in [0.1, 0.15) is 36.5 Å². The third kappa shape index (κ3) is 3.44. The highest BCUT2D eigenvalue weighted by Crippen LogP contribution is 2.21. The van der Waals surface area contributed by atoms with Gasteiger partial charge in [0.1, 0.15) is 5.82 Å². The maximum absolute atomic E-state index is 12.2. The molecule has 1 aromatic rings. The zero-order valence-corrected chi connectivity index (χ0v) is 11.3. The zero-order valence-electron chi connectivity index (χ0n) is 11.3. The molecule has 5 heteroatoms. The third-order valence-corrected chi connectivity index (χ3v) is 3.38. The van der Waals surface area contributed by atoms with Crippen molar-refractivity contribution in [3.8, 4) is 0 Å². The van der Waals surface area contributed by atoms with Crippen molar-refractivity contribution in [2.45, 2.75) is 32.2 Å². The van der Waals surface area contributed by atoms with E-state index in [2.05, 4.69) is 15.2 Å². The number of rotatable bonds is 5. The molecule has 1 fully saturated rings. The number of anilines is 1. The van der Waals surface area contributed by atoms with E-state index in [1.165, 1.54) is 0 Å². The number of nitrogens with one attached hydrogen (secondary N) is 1. The Labute approximate surface area is 113 Å². The number of pyridine rings is 1. The quantitative estimate of drug-likeness (QED) is 0.837. The lowest BCUT2D eigenvalue weighted by Crippen LogP contribution is -2.34. The molecule has 0 aliphatic carbocycles. The molecule has 0 aromatic carbocycles. The highest BCUT2D eigenvalue weighted by Gasteiger charge is 2.21. The Kier molecular flexibility index (Phi) is 4.74. The van der Waals surface area contributed by atoms with Crippen molar-refractivity contribution in [3.63, 3.8) is 0 Å². The van der Waals surface area contributed by atoms with Gasteiger partial charge >= 0.3 is 0 Å². The van der Waals surface area contributed by atoms with E-state index in [4.69, 9.17) is 5.11 Å². The molecule has 1 saturated heterocycles. The maximum Gasteiger partial charge on any atom is 0.255 e. The summed E-state index contributed by atoms with van der Waals surface area (Å²) >= 11 is 0. The van der Waals surface area contributed by atoms with Crippen molar-refractivity contribution < 1.29 is 9.90 Å². The molecular formula is C14H21N3O2. The summed E-state index contributed by atoms with van der Waals surface area (Å²) in [6.07, 6.45) is 4.59. The van der Waals surface area contributed by atoms with Gasteiger partial charge in [0.15, 0.2) is 0 Å². The Morgan fingerprint density at radius 2 is 2.26 bits per heavy atom. The second-order valence-corrected chi connectivity index (χ2v) is 4.96. The molecule has 1 aliphatic heterocycles. The van der Waals surface area contributed by atoms with Gasteiger partial charge in [0.2, 0.25) is 0 Å².